The number of halogens is 1. The van der Waals surface area contributed by atoms with Crippen LogP contribution in [0.2, 0.25) is 0 Å². The first-order valence-electron chi connectivity index (χ1n) is 9.23. The summed E-state index contributed by atoms with van der Waals surface area (Å²) >= 11 is 8.10. The molecule has 3 heteroatoms. The molecule has 0 radical (unpaired) electrons. The molecule has 0 bridgehead atoms. The van der Waals surface area contributed by atoms with Gasteiger partial charge in [-0.2, -0.15) is 0 Å². The van der Waals surface area contributed by atoms with Gasteiger partial charge in [0, 0.05) is 0 Å². The van der Waals surface area contributed by atoms with Crippen LogP contribution < -0.4 is 26.0 Å². The molecule has 0 spiro atoms. The number of ether oxygens (including phenoxy) is 1. The van der Waals surface area contributed by atoms with Gasteiger partial charge in [0.1, 0.15) is 0 Å². The quantitative estimate of drug-likeness (QED) is 0.425. The van der Waals surface area contributed by atoms with Crippen molar-refractivity contribution in [3.63, 3.8) is 0 Å². The summed E-state index contributed by atoms with van der Waals surface area (Å²) < 4.78 is 5.56. The molecule has 0 fully saturated rings. The number of methoxy groups -OCH3 is 1. The first kappa shape index (κ1) is 18.7. The Morgan fingerprint density at radius 3 is 1.32 bits per heavy atom. The first-order valence-corrected chi connectivity index (χ1v) is 12.4. The van der Waals surface area contributed by atoms with E-state index in [-0.39, 0.29) is 0 Å². The third-order valence-electron chi connectivity index (χ3n) is 5.26. The molecule has 0 heterocycles. The molecule has 0 saturated heterocycles. The fourth-order valence-electron chi connectivity index (χ4n) is 3.89. The van der Waals surface area contributed by atoms with Crippen molar-refractivity contribution in [2.45, 2.75) is 0 Å². The van der Waals surface area contributed by atoms with Gasteiger partial charge >= 0.3 is 171 Å². The summed E-state index contributed by atoms with van der Waals surface area (Å²) in [4.78, 5) is 0. The number of hydrogen-bond donors (Lipinski definition) is 0. The van der Waals surface area contributed by atoms with Crippen molar-refractivity contribution in [2.24, 2.45) is 0 Å². The Morgan fingerprint density at radius 1 is 0.536 bits per heavy atom. The Balaban J connectivity index is 2.22. The van der Waals surface area contributed by atoms with Crippen molar-refractivity contribution in [1.29, 1.82) is 0 Å². The van der Waals surface area contributed by atoms with Crippen LogP contribution in [-0.4, -0.2) is 7.11 Å². The number of hydrogen-bond acceptors (Lipinski definition) is 1. The predicted octanol–water partition coefficient (Wildman–Crippen LogP) is 5.00. The Labute approximate surface area is 171 Å². The van der Waals surface area contributed by atoms with Gasteiger partial charge in [-0.25, -0.2) is 0 Å². The molecule has 0 saturated carbocycles. The standard InChI is InChI=1S/C25H22ClOP/c1-27-21-12-11-19-25(20-21)28(26,22-13-5-2-6-14-22,23-15-7-3-8-16-23)24-17-9-4-10-18-24/h2-20H,1H3. The van der Waals surface area contributed by atoms with Crippen LogP contribution in [0.5, 0.6) is 5.75 Å². The van der Waals surface area contributed by atoms with Crippen LogP contribution >= 0.6 is 17.2 Å². The Kier molecular flexibility index (Phi) is 4.98. The molecule has 140 valence electrons. The van der Waals surface area contributed by atoms with E-state index in [2.05, 4.69) is 84.9 Å². The van der Waals surface area contributed by atoms with E-state index in [1.54, 1.807) is 7.11 Å². The topological polar surface area (TPSA) is 9.23 Å². The van der Waals surface area contributed by atoms with E-state index >= 15 is 0 Å². The van der Waals surface area contributed by atoms with Crippen molar-refractivity contribution < 1.29 is 4.74 Å². The van der Waals surface area contributed by atoms with Crippen molar-refractivity contribution in [2.75, 3.05) is 7.11 Å². The average molecular weight is 405 g/mol. The second-order valence-electron chi connectivity index (χ2n) is 6.72. The number of benzene rings is 4. The zero-order chi connectivity index (χ0) is 19.5. The zero-order valence-electron chi connectivity index (χ0n) is 15.7. The molecule has 4 aromatic rings. The van der Waals surface area contributed by atoms with E-state index in [0.717, 1.165) is 27.0 Å². The zero-order valence-corrected chi connectivity index (χ0v) is 17.4. The summed E-state index contributed by atoms with van der Waals surface area (Å²) in [6, 6.07) is 39.5. The van der Waals surface area contributed by atoms with Crippen molar-refractivity contribution in [3.8, 4) is 5.75 Å². The minimum atomic E-state index is -3.48. The maximum atomic E-state index is 8.10. The fourth-order valence-corrected chi connectivity index (χ4v) is 9.94. The average Bonchev–Trinajstić information content (AvgIpc) is 2.80. The SMILES string of the molecule is COc1cccc(P(Cl)(c2ccccc2)(c2ccccc2)c2ccccc2)c1. The molecule has 4 rings (SSSR count). The molecule has 0 aliphatic carbocycles. The molecule has 0 aliphatic rings. The minimum absolute atomic E-state index is 0.801. The summed E-state index contributed by atoms with van der Waals surface area (Å²) in [5.74, 6) is -2.67. The molecule has 0 N–H and O–H groups in total. The van der Waals surface area contributed by atoms with E-state index in [4.69, 9.17) is 16.0 Å². The Bertz CT molecular complexity index is 966. The van der Waals surface area contributed by atoms with Crippen molar-refractivity contribution in [3.05, 3.63) is 115 Å². The van der Waals surface area contributed by atoms with Gasteiger partial charge in [-0.3, -0.25) is 0 Å². The third kappa shape index (κ3) is 2.75. The summed E-state index contributed by atoms with van der Waals surface area (Å²) in [7, 11) is 1.69. The summed E-state index contributed by atoms with van der Waals surface area (Å²) in [6.45, 7) is 0. The van der Waals surface area contributed by atoms with Crippen molar-refractivity contribution >= 4 is 38.4 Å². The van der Waals surface area contributed by atoms with Crippen LogP contribution in [0.1, 0.15) is 0 Å². The van der Waals surface area contributed by atoms with Crippen LogP contribution in [0.25, 0.3) is 0 Å². The van der Waals surface area contributed by atoms with Crippen LogP contribution in [0.15, 0.2) is 115 Å². The van der Waals surface area contributed by atoms with E-state index in [0.29, 0.717) is 0 Å². The molecule has 28 heavy (non-hydrogen) atoms. The molecule has 0 amide bonds. The molecule has 4 aromatic carbocycles. The summed E-state index contributed by atoms with van der Waals surface area (Å²) in [5, 5.41) is 4.40. The Hall–Kier alpha value is -2.60. The second-order valence-corrected chi connectivity index (χ2v) is 12.8. The van der Waals surface area contributed by atoms with E-state index in [1.807, 2.05) is 30.3 Å². The predicted molar refractivity (Wildman–Crippen MR) is 124 cm³/mol. The van der Waals surface area contributed by atoms with E-state index < -0.39 is 5.96 Å². The van der Waals surface area contributed by atoms with Gasteiger partial charge < -0.3 is 0 Å². The molecular formula is C25H22ClOP. The van der Waals surface area contributed by atoms with Crippen LogP contribution in [0.4, 0.5) is 0 Å². The van der Waals surface area contributed by atoms with Gasteiger partial charge in [0.2, 0.25) is 0 Å². The van der Waals surface area contributed by atoms with Gasteiger partial charge in [-0.15, -0.1) is 0 Å². The van der Waals surface area contributed by atoms with Gasteiger partial charge in [-0.05, 0) is 0 Å². The molecule has 0 aliphatic heterocycles. The van der Waals surface area contributed by atoms with Crippen LogP contribution in [0.3, 0.4) is 0 Å². The van der Waals surface area contributed by atoms with Gasteiger partial charge in [0.15, 0.2) is 0 Å². The third-order valence-corrected chi connectivity index (χ3v) is 12.7. The molecule has 1 nitrogen and oxygen atoms in total. The maximum absolute atomic E-state index is 8.10. The summed E-state index contributed by atoms with van der Waals surface area (Å²) in [5.41, 5.74) is 0. The molecular weight excluding hydrogens is 383 g/mol. The summed E-state index contributed by atoms with van der Waals surface area (Å²) in [6.07, 6.45) is 0. The molecule has 0 unspecified atom stereocenters. The molecule has 0 aromatic heterocycles. The first-order chi connectivity index (χ1) is 13.7. The normalized spacial score (nSPS) is 12.7. The van der Waals surface area contributed by atoms with Crippen LogP contribution in [0, 0.1) is 0 Å². The van der Waals surface area contributed by atoms with Crippen LogP contribution in [-0.2, 0) is 0 Å². The Morgan fingerprint density at radius 2 is 0.929 bits per heavy atom. The molecule has 0 atom stereocenters. The van der Waals surface area contributed by atoms with Crippen molar-refractivity contribution in [1.82, 2.24) is 0 Å². The second kappa shape index (κ2) is 7.43. The van der Waals surface area contributed by atoms with E-state index in [1.165, 1.54) is 0 Å². The monoisotopic (exact) mass is 404 g/mol. The van der Waals surface area contributed by atoms with Gasteiger partial charge in [-0.1, -0.05) is 0 Å². The van der Waals surface area contributed by atoms with Gasteiger partial charge in [0.25, 0.3) is 0 Å². The fraction of sp³-hybridized carbons (Fsp3) is 0.0400. The number of rotatable bonds is 5. The van der Waals surface area contributed by atoms with Gasteiger partial charge in [0.05, 0.1) is 0 Å². The van der Waals surface area contributed by atoms with E-state index in [9.17, 15) is 0 Å².